The first-order valence-electron chi connectivity index (χ1n) is 10.1. The molecule has 0 aliphatic carbocycles. The molecule has 2 atom stereocenters. The molecule has 1 N–H and O–H groups in total. The maximum absolute atomic E-state index is 11.7. The van der Waals surface area contributed by atoms with E-state index >= 15 is 0 Å². The van der Waals surface area contributed by atoms with E-state index < -0.39 is 39.1 Å². The van der Waals surface area contributed by atoms with Crippen molar-refractivity contribution in [2.75, 3.05) is 0 Å². The number of rotatable bonds is 18. The van der Waals surface area contributed by atoms with Gasteiger partial charge >= 0.3 is 59.1 Å². The van der Waals surface area contributed by atoms with Crippen LogP contribution in [0.15, 0.2) is 12.7 Å². The largest absolute Gasteiger partial charge is 1.00 e. The molecule has 0 aliphatic rings. The molecule has 0 aliphatic heterocycles. The molecule has 0 aromatic rings. The average molecular weight is 465 g/mol. The van der Waals surface area contributed by atoms with E-state index in [0.29, 0.717) is 12.8 Å². The molecule has 0 spiro atoms. The second-order valence-electron chi connectivity index (χ2n) is 7.44. The normalized spacial score (nSPS) is 13.9. The maximum atomic E-state index is 11.7. The van der Waals surface area contributed by atoms with Crippen molar-refractivity contribution < 1.29 is 91.9 Å². The Morgan fingerprint density at radius 1 is 0.933 bits per heavy atom. The summed E-state index contributed by atoms with van der Waals surface area (Å²) >= 11 is 0. The van der Waals surface area contributed by atoms with Crippen molar-refractivity contribution in [2.45, 2.75) is 95.6 Å². The number of aliphatic carboxylic acids is 2. The first-order valence-corrected chi connectivity index (χ1v) is 11.6. The smallest absolute Gasteiger partial charge is 0.549 e. The first-order chi connectivity index (χ1) is 13.1. The number of allylic oxidation sites excluding steroid dienone is 1. The number of hydrogen-bond donors (Lipinski definition) is 1. The van der Waals surface area contributed by atoms with E-state index in [1.807, 2.05) is 0 Å². The molecule has 2 unspecified atom stereocenters. The van der Waals surface area contributed by atoms with Crippen LogP contribution < -0.4 is 69.3 Å². The van der Waals surface area contributed by atoms with Crippen molar-refractivity contribution in [1.82, 2.24) is 0 Å². The summed E-state index contributed by atoms with van der Waals surface area (Å²) in [4.78, 5) is 23.0. The van der Waals surface area contributed by atoms with Gasteiger partial charge in [-0.1, -0.05) is 83.6 Å². The summed E-state index contributed by atoms with van der Waals surface area (Å²) in [6.45, 7) is 5.55. The molecule has 0 aromatic carbocycles. The van der Waals surface area contributed by atoms with E-state index in [0.717, 1.165) is 31.8 Å². The van der Waals surface area contributed by atoms with Gasteiger partial charge in [0.15, 0.2) is 0 Å². The molecule has 0 bridgehead atoms. The fourth-order valence-corrected chi connectivity index (χ4v) is 4.75. The van der Waals surface area contributed by atoms with E-state index in [1.165, 1.54) is 32.1 Å². The van der Waals surface area contributed by atoms with E-state index in [2.05, 4.69) is 13.5 Å². The Balaban J connectivity index is -0.00000364. The molecule has 0 rings (SSSR count). The Morgan fingerprint density at radius 3 is 1.63 bits per heavy atom. The molecule has 0 aromatic heterocycles. The summed E-state index contributed by atoms with van der Waals surface area (Å²) in [5.74, 6) is -4.00. The third-order valence-electron chi connectivity index (χ3n) is 5.16. The van der Waals surface area contributed by atoms with Crippen molar-refractivity contribution >= 4 is 22.1 Å². The fraction of sp³-hybridized carbons (Fsp3) is 0.800. The summed E-state index contributed by atoms with van der Waals surface area (Å²) in [6.07, 6.45) is 11.6. The van der Waals surface area contributed by atoms with Crippen molar-refractivity contribution in [3.05, 3.63) is 12.7 Å². The summed E-state index contributed by atoms with van der Waals surface area (Å²) in [5.41, 5.74) is -2.30. The standard InChI is InChI=1S/C20H36O7S.2Na/c1-3-5-6-7-8-9-10-11-12-13-14-16-20(15-4-2,19(23)24)17(18(21)22)28(25,26)27;;/h4,17H,2-3,5-16H2,1H3,(H,21,22)(H,23,24)(H,25,26,27);;/q;2*+1/p-2. The summed E-state index contributed by atoms with van der Waals surface area (Å²) in [6, 6.07) is 0. The average Bonchev–Trinajstić information content (AvgIpc) is 2.57. The van der Waals surface area contributed by atoms with E-state index in [9.17, 15) is 32.8 Å². The van der Waals surface area contributed by atoms with Crippen LogP contribution in [0.3, 0.4) is 0 Å². The number of unbranched alkanes of at least 4 members (excludes halogenated alkanes) is 10. The minimum Gasteiger partial charge on any atom is -0.549 e. The molecule has 0 fully saturated rings. The predicted molar refractivity (Wildman–Crippen MR) is 104 cm³/mol. The monoisotopic (exact) mass is 464 g/mol. The van der Waals surface area contributed by atoms with Crippen LogP contribution in [0.4, 0.5) is 0 Å². The Morgan fingerprint density at radius 2 is 1.33 bits per heavy atom. The van der Waals surface area contributed by atoms with Gasteiger partial charge in [0.1, 0.15) is 5.25 Å². The van der Waals surface area contributed by atoms with Gasteiger partial charge in [-0.15, -0.1) is 6.58 Å². The van der Waals surface area contributed by atoms with Gasteiger partial charge in [-0.25, -0.2) is 0 Å². The molecule has 0 saturated heterocycles. The summed E-state index contributed by atoms with van der Waals surface area (Å²) in [5, 5.41) is 20.4. The molecule has 30 heavy (non-hydrogen) atoms. The molecule has 0 radical (unpaired) electrons. The van der Waals surface area contributed by atoms with Crippen LogP contribution in [0.1, 0.15) is 90.4 Å². The predicted octanol–water partition coefficient (Wildman–Crippen LogP) is -3.99. The number of carboxylic acid groups (broad SMARTS) is 2. The molecule has 164 valence electrons. The van der Waals surface area contributed by atoms with Crippen LogP contribution in [0.5, 0.6) is 0 Å². The second kappa shape index (κ2) is 19.1. The molecular formula is C20H34Na2O7S. The van der Waals surface area contributed by atoms with Crippen LogP contribution in [0.2, 0.25) is 0 Å². The summed E-state index contributed by atoms with van der Waals surface area (Å²) < 4.78 is 32.3. The van der Waals surface area contributed by atoms with Crippen molar-refractivity contribution in [1.29, 1.82) is 0 Å². The van der Waals surface area contributed by atoms with E-state index in [1.54, 1.807) is 0 Å². The third-order valence-corrected chi connectivity index (χ3v) is 6.39. The van der Waals surface area contributed by atoms with Crippen LogP contribution in [0.25, 0.3) is 0 Å². The zero-order chi connectivity index (χ0) is 21.6. The van der Waals surface area contributed by atoms with Crippen molar-refractivity contribution in [3.63, 3.8) is 0 Å². The Hall–Kier alpha value is 0.590. The molecule has 0 amide bonds. The van der Waals surface area contributed by atoms with Gasteiger partial charge in [0.05, 0.1) is 5.97 Å². The number of carbonyl (C=O) groups excluding carboxylic acids is 2. The molecule has 10 heteroatoms. The van der Waals surface area contributed by atoms with Gasteiger partial charge < -0.3 is 19.8 Å². The third kappa shape index (κ3) is 13.2. The van der Waals surface area contributed by atoms with E-state index in [-0.39, 0.29) is 65.5 Å². The number of hydrogen-bond acceptors (Lipinski definition) is 6. The van der Waals surface area contributed by atoms with Gasteiger partial charge in [0, 0.05) is 11.4 Å². The zero-order valence-electron chi connectivity index (χ0n) is 18.9. The van der Waals surface area contributed by atoms with Gasteiger partial charge in [0.25, 0.3) is 10.1 Å². The molecule has 0 heterocycles. The van der Waals surface area contributed by atoms with Crippen molar-refractivity contribution in [2.24, 2.45) is 5.41 Å². The molecule has 7 nitrogen and oxygen atoms in total. The minimum atomic E-state index is -5.18. The topological polar surface area (TPSA) is 135 Å². The quantitative estimate of drug-likeness (QED) is 0.0946. The second-order valence-corrected chi connectivity index (χ2v) is 8.94. The summed E-state index contributed by atoms with van der Waals surface area (Å²) in [7, 11) is -5.18. The Kier molecular flexibility index (Phi) is 22.4. The van der Waals surface area contributed by atoms with Gasteiger partial charge in [-0.05, 0) is 12.8 Å². The SMILES string of the molecule is C=CCC(CCCCCCCCCCCCC)(C(=O)[O-])C(C(=O)[O-])S(=O)(=O)O.[Na+].[Na+]. The van der Waals surface area contributed by atoms with Crippen molar-refractivity contribution in [3.8, 4) is 0 Å². The zero-order valence-corrected chi connectivity index (χ0v) is 23.7. The minimum absolute atomic E-state index is 0. The van der Waals surface area contributed by atoms with Gasteiger partial charge in [0.2, 0.25) is 0 Å². The van der Waals surface area contributed by atoms with Crippen LogP contribution in [0, 0.1) is 5.41 Å². The van der Waals surface area contributed by atoms with Crippen LogP contribution >= 0.6 is 0 Å². The van der Waals surface area contributed by atoms with E-state index in [4.69, 9.17) is 0 Å². The Bertz CT molecular complexity index is 596. The first kappa shape index (κ1) is 35.2. The number of carbonyl (C=O) groups is 2. The number of carboxylic acids is 2. The van der Waals surface area contributed by atoms with Crippen LogP contribution in [-0.2, 0) is 19.7 Å². The molecule has 0 saturated carbocycles. The maximum Gasteiger partial charge on any atom is 1.00 e. The Labute approximate surface area is 225 Å². The fourth-order valence-electron chi connectivity index (χ4n) is 3.63. The van der Waals surface area contributed by atoms with Crippen LogP contribution in [-0.4, -0.2) is 30.2 Å². The van der Waals surface area contributed by atoms with Gasteiger partial charge in [-0.2, -0.15) is 8.42 Å². The van der Waals surface area contributed by atoms with Gasteiger partial charge in [-0.3, -0.25) is 4.55 Å². The molecular weight excluding hydrogens is 430 g/mol.